The van der Waals surface area contributed by atoms with Crippen molar-refractivity contribution in [1.29, 1.82) is 0 Å². The summed E-state index contributed by atoms with van der Waals surface area (Å²) in [6.45, 7) is 4.73. The Kier molecular flexibility index (Phi) is 7.95. The van der Waals surface area contributed by atoms with Gasteiger partial charge in [0.15, 0.2) is 5.11 Å². The van der Waals surface area contributed by atoms with Gasteiger partial charge in [-0.05, 0) is 61.0 Å². The van der Waals surface area contributed by atoms with Crippen molar-refractivity contribution in [2.75, 3.05) is 11.9 Å². The molecule has 28 heavy (non-hydrogen) atoms. The molecule has 0 bridgehead atoms. The van der Waals surface area contributed by atoms with Gasteiger partial charge in [0.2, 0.25) is 5.91 Å². The first-order valence-electron chi connectivity index (χ1n) is 8.71. The molecule has 0 atom stereocenters. The predicted octanol–water partition coefficient (Wildman–Crippen LogP) is 4.10. The fourth-order valence-electron chi connectivity index (χ4n) is 2.29. The predicted molar refractivity (Wildman–Crippen MR) is 118 cm³/mol. The lowest BCUT2D eigenvalue weighted by atomic mass is 10.1. The Morgan fingerprint density at radius 1 is 1.21 bits per heavy atom. The number of anilines is 1. The summed E-state index contributed by atoms with van der Waals surface area (Å²) in [5.41, 5.74) is 6.53. The van der Waals surface area contributed by atoms with Crippen LogP contribution in [0.4, 0.5) is 5.69 Å². The Hall–Kier alpha value is -2.45. The van der Waals surface area contributed by atoms with E-state index >= 15 is 0 Å². The van der Waals surface area contributed by atoms with Crippen LogP contribution >= 0.6 is 28.1 Å². The van der Waals surface area contributed by atoms with Crippen LogP contribution in [0, 0.1) is 5.92 Å². The topological polar surface area (TPSA) is 93.4 Å². The standard InChI is InChI=1S/C20H22BrN3O3S/c1-12(2)8-9-27-17-7-6-14(21)11-16(17)19(26)24-20(28)23-15-5-3-4-13(10-15)18(22)25/h3-7,10-12H,8-9H2,1-2H3,(H2,22,25)(H2,23,24,26,28). The summed E-state index contributed by atoms with van der Waals surface area (Å²) in [6, 6.07) is 11.8. The van der Waals surface area contributed by atoms with E-state index in [1.165, 1.54) is 0 Å². The lowest BCUT2D eigenvalue weighted by Gasteiger charge is -2.14. The summed E-state index contributed by atoms with van der Waals surface area (Å²) < 4.78 is 6.52. The second-order valence-electron chi connectivity index (χ2n) is 6.52. The molecule has 0 heterocycles. The number of rotatable bonds is 7. The third-order valence-electron chi connectivity index (χ3n) is 3.77. The number of thiocarbonyl (C=S) groups is 1. The molecular formula is C20H22BrN3O3S. The Morgan fingerprint density at radius 3 is 2.64 bits per heavy atom. The molecule has 148 valence electrons. The molecule has 2 rings (SSSR count). The second-order valence-corrected chi connectivity index (χ2v) is 7.85. The number of nitrogens with one attached hydrogen (secondary N) is 2. The fraction of sp³-hybridized carbons (Fsp3) is 0.250. The third-order valence-corrected chi connectivity index (χ3v) is 4.47. The summed E-state index contributed by atoms with van der Waals surface area (Å²) in [4.78, 5) is 23.9. The largest absolute Gasteiger partial charge is 0.493 e. The van der Waals surface area contributed by atoms with Crippen LogP contribution in [0.15, 0.2) is 46.9 Å². The molecule has 0 aliphatic heterocycles. The number of carbonyl (C=O) groups excluding carboxylic acids is 2. The molecule has 0 radical (unpaired) electrons. The molecule has 0 aliphatic carbocycles. The number of ether oxygens (including phenoxy) is 1. The molecule has 8 heteroatoms. The molecular weight excluding hydrogens is 442 g/mol. The summed E-state index contributed by atoms with van der Waals surface area (Å²) in [5.74, 6) is 0.0425. The van der Waals surface area contributed by atoms with E-state index in [1.54, 1.807) is 36.4 Å². The van der Waals surface area contributed by atoms with E-state index in [1.807, 2.05) is 6.07 Å². The van der Waals surface area contributed by atoms with Gasteiger partial charge < -0.3 is 15.8 Å². The molecule has 6 nitrogen and oxygen atoms in total. The molecule has 2 aromatic carbocycles. The molecule has 0 fully saturated rings. The molecule has 0 saturated heterocycles. The van der Waals surface area contributed by atoms with E-state index in [4.69, 9.17) is 22.7 Å². The average molecular weight is 464 g/mol. The lowest BCUT2D eigenvalue weighted by molar-refractivity contribution is 0.0970. The normalized spacial score (nSPS) is 10.4. The van der Waals surface area contributed by atoms with Crippen molar-refractivity contribution in [3.8, 4) is 5.75 Å². The lowest BCUT2D eigenvalue weighted by Crippen LogP contribution is -2.34. The van der Waals surface area contributed by atoms with Crippen LogP contribution < -0.4 is 21.1 Å². The molecule has 0 spiro atoms. The van der Waals surface area contributed by atoms with Gasteiger partial charge in [-0.1, -0.05) is 35.8 Å². The van der Waals surface area contributed by atoms with Gasteiger partial charge in [-0.2, -0.15) is 0 Å². The third kappa shape index (κ3) is 6.61. The number of benzene rings is 2. The average Bonchev–Trinajstić information content (AvgIpc) is 2.62. The van der Waals surface area contributed by atoms with Crippen LogP contribution in [0.1, 0.15) is 41.0 Å². The first-order valence-corrected chi connectivity index (χ1v) is 9.91. The summed E-state index contributed by atoms with van der Waals surface area (Å²) in [6.07, 6.45) is 0.882. The van der Waals surface area contributed by atoms with Gasteiger partial charge in [0, 0.05) is 15.7 Å². The highest BCUT2D eigenvalue weighted by Gasteiger charge is 2.15. The molecule has 0 unspecified atom stereocenters. The number of primary amides is 1. The Labute approximate surface area is 178 Å². The van der Waals surface area contributed by atoms with Crippen molar-refractivity contribution in [3.05, 3.63) is 58.1 Å². The van der Waals surface area contributed by atoms with Crippen molar-refractivity contribution in [2.45, 2.75) is 20.3 Å². The molecule has 2 aromatic rings. The molecule has 4 N–H and O–H groups in total. The SMILES string of the molecule is CC(C)CCOc1ccc(Br)cc1C(=O)NC(=S)Nc1cccc(C(N)=O)c1. The zero-order valence-electron chi connectivity index (χ0n) is 15.6. The van der Waals surface area contributed by atoms with Gasteiger partial charge in [0.25, 0.3) is 5.91 Å². The number of hydrogen-bond acceptors (Lipinski definition) is 4. The number of halogens is 1. The van der Waals surface area contributed by atoms with Crippen LogP contribution in [-0.2, 0) is 0 Å². The number of amides is 2. The van der Waals surface area contributed by atoms with Crippen molar-refractivity contribution >= 4 is 50.8 Å². The van der Waals surface area contributed by atoms with Crippen molar-refractivity contribution < 1.29 is 14.3 Å². The number of hydrogen-bond donors (Lipinski definition) is 3. The van der Waals surface area contributed by atoms with Crippen LogP contribution in [0.5, 0.6) is 5.75 Å². The minimum Gasteiger partial charge on any atom is -0.493 e. The van der Waals surface area contributed by atoms with E-state index < -0.39 is 11.8 Å². The van der Waals surface area contributed by atoms with Gasteiger partial charge in [-0.25, -0.2) is 0 Å². The zero-order valence-corrected chi connectivity index (χ0v) is 18.0. The number of carbonyl (C=O) groups is 2. The quantitative estimate of drug-likeness (QED) is 0.537. The number of nitrogens with two attached hydrogens (primary N) is 1. The van der Waals surface area contributed by atoms with Crippen LogP contribution in [-0.4, -0.2) is 23.5 Å². The highest BCUT2D eigenvalue weighted by Crippen LogP contribution is 2.24. The highest BCUT2D eigenvalue weighted by molar-refractivity contribution is 9.10. The Morgan fingerprint density at radius 2 is 1.96 bits per heavy atom. The van der Waals surface area contributed by atoms with Gasteiger partial charge >= 0.3 is 0 Å². The van der Waals surface area contributed by atoms with E-state index in [9.17, 15) is 9.59 Å². The second kappa shape index (κ2) is 10.2. The van der Waals surface area contributed by atoms with Crippen LogP contribution in [0.3, 0.4) is 0 Å². The Bertz CT molecular complexity index is 887. The first-order chi connectivity index (χ1) is 13.3. The smallest absolute Gasteiger partial charge is 0.261 e. The van der Waals surface area contributed by atoms with E-state index in [0.29, 0.717) is 35.1 Å². The molecule has 0 aliphatic rings. The summed E-state index contributed by atoms with van der Waals surface area (Å²) in [5, 5.41) is 5.59. The molecule has 0 aromatic heterocycles. The van der Waals surface area contributed by atoms with Crippen LogP contribution in [0.2, 0.25) is 0 Å². The minimum absolute atomic E-state index is 0.0970. The molecule has 0 saturated carbocycles. The Balaban J connectivity index is 2.07. The maximum Gasteiger partial charge on any atom is 0.261 e. The van der Waals surface area contributed by atoms with E-state index in [2.05, 4.69) is 40.4 Å². The van der Waals surface area contributed by atoms with Gasteiger partial charge in [-0.3, -0.25) is 14.9 Å². The zero-order chi connectivity index (χ0) is 20.7. The monoisotopic (exact) mass is 463 g/mol. The van der Waals surface area contributed by atoms with Crippen molar-refractivity contribution in [1.82, 2.24) is 5.32 Å². The first kappa shape index (κ1) is 21.8. The maximum absolute atomic E-state index is 12.7. The van der Waals surface area contributed by atoms with Crippen molar-refractivity contribution in [2.24, 2.45) is 11.7 Å². The summed E-state index contributed by atoms with van der Waals surface area (Å²) >= 11 is 8.58. The summed E-state index contributed by atoms with van der Waals surface area (Å²) in [7, 11) is 0. The maximum atomic E-state index is 12.7. The molecule has 2 amide bonds. The minimum atomic E-state index is -0.545. The van der Waals surface area contributed by atoms with E-state index in [0.717, 1.165) is 10.9 Å². The van der Waals surface area contributed by atoms with Crippen LogP contribution in [0.25, 0.3) is 0 Å². The van der Waals surface area contributed by atoms with E-state index in [-0.39, 0.29) is 5.11 Å². The van der Waals surface area contributed by atoms with Crippen molar-refractivity contribution in [3.63, 3.8) is 0 Å². The highest BCUT2D eigenvalue weighted by atomic mass is 79.9. The van der Waals surface area contributed by atoms with Gasteiger partial charge in [0.05, 0.1) is 12.2 Å². The van der Waals surface area contributed by atoms with Gasteiger partial charge in [-0.15, -0.1) is 0 Å². The van der Waals surface area contributed by atoms with Gasteiger partial charge in [0.1, 0.15) is 5.75 Å². The fourth-order valence-corrected chi connectivity index (χ4v) is 2.86.